The molecule has 2 aromatic carbocycles. The molecule has 2 aromatic rings. The minimum atomic E-state index is -3.23. The molecule has 1 aliphatic rings. The Morgan fingerprint density at radius 2 is 1.68 bits per heavy atom. The van der Waals surface area contributed by atoms with Crippen LogP contribution in [-0.2, 0) is 15.4 Å². The highest BCUT2D eigenvalue weighted by Crippen LogP contribution is 2.40. The van der Waals surface area contributed by atoms with Crippen LogP contribution in [0.5, 0.6) is 0 Å². The summed E-state index contributed by atoms with van der Waals surface area (Å²) >= 11 is 5.96. The van der Waals surface area contributed by atoms with Crippen LogP contribution in [0, 0.1) is 0 Å². The van der Waals surface area contributed by atoms with Gasteiger partial charge in [-0.05, 0) is 55.5 Å². The maximum Gasteiger partial charge on any atom is 0.251 e. The fourth-order valence-corrected chi connectivity index (χ4v) is 6.27. The van der Waals surface area contributed by atoms with Gasteiger partial charge in [-0.15, -0.1) is 0 Å². The lowest BCUT2D eigenvalue weighted by molar-refractivity contribution is 0.0881. The summed E-state index contributed by atoms with van der Waals surface area (Å²) in [4.78, 5) is 13.0. The van der Waals surface area contributed by atoms with E-state index in [1.165, 1.54) is 0 Å². The Morgan fingerprint density at radius 3 is 2.23 bits per heavy atom. The van der Waals surface area contributed by atoms with E-state index in [9.17, 15) is 13.2 Å². The lowest BCUT2D eigenvalue weighted by Crippen LogP contribution is -2.56. The maximum absolute atomic E-state index is 13.0. The van der Waals surface area contributed by atoms with Crippen molar-refractivity contribution in [3.05, 3.63) is 70.7 Å². The summed E-state index contributed by atoms with van der Waals surface area (Å²) in [5.74, 6) is 0.0374. The van der Waals surface area contributed by atoms with Crippen molar-refractivity contribution in [2.45, 2.75) is 51.0 Å². The molecule has 0 aliphatic carbocycles. The Labute approximate surface area is 190 Å². The minimum Gasteiger partial charge on any atom is -0.348 e. The molecule has 0 saturated carbocycles. The molecule has 31 heavy (non-hydrogen) atoms. The average molecular weight is 463 g/mol. The first-order valence-corrected chi connectivity index (χ1v) is 12.9. The second-order valence-electron chi connectivity index (χ2n) is 8.18. The topological polar surface area (TPSA) is 66.5 Å². The smallest absolute Gasteiger partial charge is 0.251 e. The molecule has 1 heterocycles. The van der Waals surface area contributed by atoms with Crippen molar-refractivity contribution in [2.75, 3.05) is 18.8 Å². The Hall–Kier alpha value is -1.89. The van der Waals surface area contributed by atoms with E-state index < -0.39 is 10.0 Å². The Balaban J connectivity index is 1.88. The van der Waals surface area contributed by atoms with Crippen LogP contribution < -0.4 is 5.32 Å². The minimum absolute atomic E-state index is 0.117. The zero-order valence-electron chi connectivity index (χ0n) is 18.2. The van der Waals surface area contributed by atoms with Gasteiger partial charge in [0.05, 0.1) is 5.75 Å². The SMILES string of the molecule is CCCS(=O)(=O)N1CCC(c2ccccc2)(C(CC)NC(=O)c2ccc(Cl)cc2)CC1. The molecule has 1 fully saturated rings. The molecule has 1 atom stereocenters. The van der Waals surface area contributed by atoms with Crippen molar-refractivity contribution in [3.8, 4) is 0 Å². The molecule has 0 aromatic heterocycles. The van der Waals surface area contributed by atoms with E-state index in [1.54, 1.807) is 28.6 Å². The number of carbonyl (C=O) groups excluding carboxylic acids is 1. The van der Waals surface area contributed by atoms with Crippen LogP contribution in [0.15, 0.2) is 54.6 Å². The van der Waals surface area contributed by atoms with E-state index in [4.69, 9.17) is 11.6 Å². The van der Waals surface area contributed by atoms with Gasteiger partial charge in [0.1, 0.15) is 0 Å². The number of carbonyl (C=O) groups is 1. The summed E-state index contributed by atoms with van der Waals surface area (Å²) in [6.45, 7) is 4.88. The Kier molecular flexibility index (Phi) is 7.78. The number of piperidine rings is 1. The predicted octanol–water partition coefficient (Wildman–Crippen LogP) is 4.62. The summed E-state index contributed by atoms with van der Waals surface area (Å²) in [7, 11) is -3.23. The molecule has 0 radical (unpaired) electrons. The third-order valence-corrected chi connectivity index (χ3v) is 8.63. The number of sulfonamides is 1. The number of benzene rings is 2. The number of hydrogen-bond acceptors (Lipinski definition) is 3. The highest BCUT2D eigenvalue weighted by Gasteiger charge is 2.44. The second-order valence-corrected chi connectivity index (χ2v) is 10.7. The molecule has 1 amide bonds. The monoisotopic (exact) mass is 462 g/mol. The molecule has 5 nitrogen and oxygen atoms in total. The lowest BCUT2D eigenvalue weighted by Gasteiger charge is -2.46. The summed E-state index contributed by atoms with van der Waals surface area (Å²) in [5, 5.41) is 3.83. The summed E-state index contributed by atoms with van der Waals surface area (Å²) in [6.07, 6.45) is 2.69. The van der Waals surface area contributed by atoms with Gasteiger partial charge in [-0.3, -0.25) is 4.79 Å². The zero-order valence-corrected chi connectivity index (χ0v) is 19.8. The summed E-state index contributed by atoms with van der Waals surface area (Å²) < 4.78 is 26.8. The highest BCUT2D eigenvalue weighted by atomic mass is 35.5. The van der Waals surface area contributed by atoms with E-state index in [0.29, 0.717) is 42.9 Å². The van der Waals surface area contributed by atoms with E-state index in [2.05, 4.69) is 24.4 Å². The second kappa shape index (κ2) is 10.2. The number of nitrogens with zero attached hydrogens (tertiary/aromatic N) is 1. The first kappa shape index (κ1) is 23.8. The fourth-order valence-electron chi connectivity index (χ4n) is 4.63. The van der Waals surface area contributed by atoms with E-state index in [1.807, 2.05) is 25.1 Å². The first-order valence-electron chi connectivity index (χ1n) is 10.9. The van der Waals surface area contributed by atoms with E-state index >= 15 is 0 Å². The Bertz CT molecular complexity index is 970. The summed E-state index contributed by atoms with van der Waals surface area (Å²) in [6, 6.07) is 16.9. The van der Waals surface area contributed by atoms with Gasteiger partial charge in [-0.25, -0.2) is 12.7 Å². The van der Waals surface area contributed by atoms with Crippen molar-refractivity contribution in [2.24, 2.45) is 0 Å². The number of halogens is 1. The fraction of sp³-hybridized carbons (Fsp3) is 0.458. The molecule has 3 rings (SSSR count). The Morgan fingerprint density at radius 1 is 1.06 bits per heavy atom. The van der Waals surface area contributed by atoms with Crippen LogP contribution in [0.25, 0.3) is 0 Å². The molecule has 7 heteroatoms. The zero-order chi connectivity index (χ0) is 22.5. The van der Waals surface area contributed by atoms with Gasteiger partial charge >= 0.3 is 0 Å². The van der Waals surface area contributed by atoms with Crippen LogP contribution in [0.4, 0.5) is 0 Å². The van der Waals surface area contributed by atoms with Crippen molar-refractivity contribution in [1.82, 2.24) is 9.62 Å². The maximum atomic E-state index is 13.0. The molecule has 0 spiro atoms. The molecular formula is C24H31ClN2O3S. The highest BCUT2D eigenvalue weighted by molar-refractivity contribution is 7.89. The standard InChI is InChI=1S/C24H31ClN2O3S/c1-3-18-31(29,30)27-16-14-24(15-17-27,20-8-6-5-7-9-20)22(4-2)26-23(28)19-10-12-21(25)13-11-19/h5-13,22H,3-4,14-18H2,1-2H3,(H,26,28). The molecule has 1 aliphatic heterocycles. The van der Waals surface area contributed by atoms with Crippen LogP contribution >= 0.6 is 11.6 Å². The third-order valence-electron chi connectivity index (χ3n) is 6.31. The van der Waals surface area contributed by atoms with Crippen LogP contribution in [0.1, 0.15) is 55.5 Å². The molecular weight excluding hydrogens is 432 g/mol. The lowest BCUT2D eigenvalue weighted by atomic mass is 9.67. The van der Waals surface area contributed by atoms with Crippen LogP contribution in [0.3, 0.4) is 0 Å². The normalized spacial score (nSPS) is 17.8. The van der Waals surface area contributed by atoms with Gasteiger partial charge in [0.2, 0.25) is 10.0 Å². The number of amides is 1. The van der Waals surface area contributed by atoms with Gasteiger partial charge < -0.3 is 5.32 Å². The molecule has 1 unspecified atom stereocenters. The average Bonchev–Trinajstić information content (AvgIpc) is 2.78. The van der Waals surface area contributed by atoms with E-state index in [0.717, 1.165) is 12.0 Å². The van der Waals surface area contributed by atoms with Gasteiger partial charge in [0.25, 0.3) is 5.91 Å². The summed E-state index contributed by atoms with van der Waals surface area (Å²) in [5.41, 5.74) is 1.39. The van der Waals surface area contributed by atoms with Crippen molar-refractivity contribution < 1.29 is 13.2 Å². The molecule has 168 valence electrons. The van der Waals surface area contributed by atoms with Gasteiger partial charge in [0, 0.05) is 35.1 Å². The van der Waals surface area contributed by atoms with Crippen LogP contribution in [-0.4, -0.2) is 43.5 Å². The van der Waals surface area contributed by atoms with Crippen molar-refractivity contribution >= 4 is 27.5 Å². The van der Waals surface area contributed by atoms with Gasteiger partial charge in [0.15, 0.2) is 0 Å². The van der Waals surface area contributed by atoms with Gasteiger partial charge in [-0.2, -0.15) is 0 Å². The quantitative estimate of drug-likeness (QED) is 0.622. The van der Waals surface area contributed by atoms with Crippen molar-refractivity contribution in [1.29, 1.82) is 0 Å². The number of hydrogen-bond donors (Lipinski definition) is 1. The van der Waals surface area contributed by atoms with E-state index in [-0.39, 0.29) is 23.1 Å². The third kappa shape index (κ3) is 5.30. The van der Waals surface area contributed by atoms with Crippen molar-refractivity contribution in [3.63, 3.8) is 0 Å². The number of rotatable bonds is 8. The van der Waals surface area contributed by atoms with Crippen LogP contribution in [0.2, 0.25) is 5.02 Å². The molecule has 0 bridgehead atoms. The first-order chi connectivity index (χ1) is 14.8. The molecule has 1 saturated heterocycles. The molecule has 1 N–H and O–H groups in total. The predicted molar refractivity (Wildman–Crippen MR) is 126 cm³/mol. The van der Waals surface area contributed by atoms with Gasteiger partial charge in [-0.1, -0.05) is 55.8 Å². The number of nitrogens with one attached hydrogen (secondary N) is 1. The largest absolute Gasteiger partial charge is 0.348 e.